The zero-order valence-corrected chi connectivity index (χ0v) is 10.9. The lowest BCUT2D eigenvalue weighted by atomic mass is 10.1. The quantitative estimate of drug-likeness (QED) is 0.853. The molecule has 0 saturated carbocycles. The second-order valence-electron chi connectivity index (χ2n) is 4.17. The Labute approximate surface area is 115 Å². The number of nitrogens with one attached hydrogen (secondary N) is 1. The van der Waals surface area contributed by atoms with Gasteiger partial charge in [0.25, 0.3) is 0 Å². The van der Waals surface area contributed by atoms with Gasteiger partial charge in [-0.05, 0) is 18.1 Å². The van der Waals surface area contributed by atoms with E-state index in [2.05, 4.69) is 15.6 Å². The molecule has 20 heavy (non-hydrogen) atoms. The third-order valence-electron chi connectivity index (χ3n) is 2.74. The van der Waals surface area contributed by atoms with Gasteiger partial charge >= 0.3 is 5.97 Å². The second-order valence-corrected chi connectivity index (χ2v) is 4.17. The molecule has 7 nitrogen and oxygen atoms in total. The third kappa shape index (κ3) is 3.19. The molecular formula is C13H14N4O3. The first kappa shape index (κ1) is 13.7. The van der Waals surface area contributed by atoms with Crippen LogP contribution in [-0.4, -0.2) is 32.0 Å². The van der Waals surface area contributed by atoms with E-state index >= 15 is 0 Å². The molecule has 0 bridgehead atoms. The number of hydrogen-bond donors (Lipinski definition) is 2. The first-order valence-electron chi connectivity index (χ1n) is 6.11. The van der Waals surface area contributed by atoms with Crippen LogP contribution in [0.1, 0.15) is 23.0 Å². The number of carbonyl (C=O) groups excluding carboxylic acids is 1. The molecule has 0 spiro atoms. The molecule has 2 rings (SSSR count). The van der Waals surface area contributed by atoms with Crippen LogP contribution in [0.5, 0.6) is 0 Å². The number of benzene rings is 1. The Hall–Kier alpha value is -2.70. The van der Waals surface area contributed by atoms with Crippen LogP contribution in [0.15, 0.2) is 30.5 Å². The van der Waals surface area contributed by atoms with Gasteiger partial charge in [0.2, 0.25) is 5.91 Å². The Morgan fingerprint density at radius 3 is 2.75 bits per heavy atom. The van der Waals surface area contributed by atoms with Crippen molar-refractivity contribution in [3.05, 3.63) is 41.7 Å². The molecular weight excluding hydrogens is 260 g/mol. The maximum atomic E-state index is 11.9. The topological polar surface area (TPSA) is 97.1 Å². The number of nitrogens with zero attached hydrogens (tertiary/aromatic N) is 3. The highest BCUT2D eigenvalue weighted by Gasteiger charge is 2.11. The van der Waals surface area contributed by atoms with Gasteiger partial charge in [-0.1, -0.05) is 30.3 Å². The lowest BCUT2D eigenvalue weighted by molar-refractivity contribution is -0.116. The molecule has 1 heterocycles. The van der Waals surface area contributed by atoms with Crippen molar-refractivity contribution in [2.75, 3.05) is 5.32 Å². The number of amides is 1. The molecule has 0 saturated heterocycles. The predicted octanol–water partition coefficient (Wildman–Crippen LogP) is 1.18. The van der Waals surface area contributed by atoms with Crippen molar-refractivity contribution in [3.8, 4) is 0 Å². The van der Waals surface area contributed by atoms with Crippen molar-refractivity contribution in [1.82, 2.24) is 15.0 Å². The lowest BCUT2D eigenvalue weighted by Crippen LogP contribution is -2.19. The van der Waals surface area contributed by atoms with E-state index in [4.69, 9.17) is 5.11 Å². The van der Waals surface area contributed by atoms with E-state index < -0.39 is 5.97 Å². The second kappa shape index (κ2) is 5.96. The zero-order valence-electron chi connectivity index (χ0n) is 10.9. The number of carboxylic acids is 1. The summed E-state index contributed by atoms with van der Waals surface area (Å²) in [7, 11) is 0. The summed E-state index contributed by atoms with van der Waals surface area (Å²) in [5.74, 6) is -1.46. The lowest BCUT2D eigenvalue weighted by Gasteiger charge is -2.09. The molecule has 0 aliphatic rings. The molecule has 0 aliphatic heterocycles. The van der Waals surface area contributed by atoms with Gasteiger partial charge in [-0.25, -0.2) is 9.48 Å². The highest BCUT2D eigenvalue weighted by atomic mass is 16.4. The van der Waals surface area contributed by atoms with E-state index in [9.17, 15) is 9.59 Å². The van der Waals surface area contributed by atoms with Gasteiger partial charge in [0.1, 0.15) is 6.54 Å². The van der Waals surface area contributed by atoms with Crippen LogP contribution in [0.4, 0.5) is 5.69 Å². The number of rotatable bonds is 5. The van der Waals surface area contributed by atoms with Gasteiger partial charge in [-0.3, -0.25) is 4.79 Å². The normalized spacial score (nSPS) is 10.2. The summed E-state index contributed by atoms with van der Waals surface area (Å²) < 4.78 is 1.19. The summed E-state index contributed by atoms with van der Waals surface area (Å²) in [6.45, 7) is 1.92. The largest absolute Gasteiger partial charge is 0.476 e. The maximum Gasteiger partial charge on any atom is 0.358 e. The third-order valence-corrected chi connectivity index (χ3v) is 2.74. The Morgan fingerprint density at radius 2 is 2.10 bits per heavy atom. The predicted molar refractivity (Wildman–Crippen MR) is 71.4 cm³/mol. The van der Waals surface area contributed by atoms with Crippen molar-refractivity contribution in [3.63, 3.8) is 0 Å². The minimum absolute atomic E-state index is 0.0850. The van der Waals surface area contributed by atoms with Gasteiger partial charge in [-0.15, -0.1) is 5.10 Å². The highest BCUT2D eigenvalue weighted by Crippen LogP contribution is 2.15. The Bertz CT molecular complexity index is 636. The summed E-state index contributed by atoms with van der Waals surface area (Å²) in [5.41, 5.74) is 1.59. The average molecular weight is 274 g/mol. The molecule has 1 aromatic heterocycles. The smallest absolute Gasteiger partial charge is 0.358 e. The Kier molecular flexibility index (Phi) is 4.09. The standard InChI is InChI=1S/C13H14N4O3/c1-2-9-5-3-4-6-10(9)14-12(18)8-17-7-11(13(19)20)15-16-17/h3-7H,2,8H2,1H3,(H,14,18)(H,19,20). The summed E-state index contributed by atoms with van der Waals surface area (Å²) >= 11 is 0. The molecule has 1 aromatic carbocycles. The SMILES string of the molecule is CCc1ccccc1NC(=O)Cn1cc(C(=O)O)nn1. The van der Waals surface area contributed by atoms with Crippen molar-refractivity contribution >= 4 is 17.6 Å². The van der Waals surface area contributed by atoms with E-state index in [0.717, 1.165) is 17.7 Å². The Morgan fingerprint density at radius 1 is 1.35 bits per heavy atom. The molecule has 2 aromatic rings. The Balaban J connectivity index is 2.03. The number of aryl methyl sites for hydroxylation is 1. The minimum Gasteiger partial charge on any atom is -0.476 e. The number of aromatic carboxylic acids is 1. The highest BCUT2D eigenvalue weighted by molar-refractivity contribution is 5.91. The zero-order chi connectivity index (χ0) is 14.5. The van der Waals surface area contributed by atoms with Gasteiger partial charge in [-0.2, -0.15) is 0 Å². The van der Waals surface area contributed by atoms with Crippen molar-refractivity contribution in [1.29, 1.82) is 0 Å². The van der Waals surface area contributed by atoms with Gasteiger partial charge in [0.15, 0.2) is 5.69 Å². The van der Waals surface area contributed by atoms with Crippen LogP contribution in [0.3, 0.4) is 0 Å². The molecule has 0 fully saturated rings. The molecule has 0 radical (unpaired) electrons. The first-order chi connectivity index (χ1) is 9.60. The van der Waals surface area contributed by atoms with E-state index in [1.807, 2.05) is 31.2 Å². The van der Waals surface area contributed by atoms with E-state index in [1.54, 1.807) is 0 Å². The van der Waals surface area contributed by atoms with Crippen LogP contribution >= 0.6 is 0 Å². The molecule has 2 N–H and O–H groups in total. The van der Waals surface area contributed by atoms with E-state index in [-0.39, 0.29) is 18.1 Å². The van der Waals surface area contributed by atoms with E-state index in [0.29, 0.717) is 0 Å². The fraction of sp³-hybridized carbons (Fsp3) is 0.231. The average Bonchev–Trinajstić information content (AvgIpc) is 2.88. The fourth-order valence-corrected chi connectivity index (χ4v) is 1.76. The summed E-state index contributed by atoms with van der Waals surface area (Å²) in [6.07, 6.45) is 2.02. The van der Waals surface area contributed by atoms with Crippen molar-refractivity contribution in [2.24, 2.45) is 0 Å². The molecule has 1 amide bonds. The van der Waals surface area contributed by atoms with Gasteiger partial charge in [0, 0.05) is 5.69 Å². The summed E-state index contributed by atoms with van der Waals surface area (Å²) in [6, 6.07) is 7.51. The number of hydrogen-bond acceptors (Lipinski definition) is 4. The van der Waals surface area contributed by atoms with Crippen LogP contribution in [0, 0.1) is 0 Å². The number of carboxylic acid groups (broad SMARTS) is 1. The van der Waals surface area contributed by atoms with Crippen LogP contribution in [-0.2, 0) is 17.8 Å². The molecule has 104 valence electrons. The summed E-state index contributed by atoms with van der Waals surface area (Å²) in [5, 5.41) is 18.5. The number of aromatic nitrogens is 3. The first-order valence-corrected chi connectivity index (χ1v) is 6.11. The van der Waals surface area contributed by atoms with Crippen LogP contribution < -0.4 is 5.32 Å². The molecule has 7 heteroatoms. The minimum atomic E-state index is -1.17. The van der Waals surface area contributed by atoms with Crippen molar-refractivity contribution < 1.29 is 14.7 Å². The monoisotopic (exact) mass is 274 g/mol. The van der Waals surface area contributed by atoms with Gasteiger partial charge < -0.3 is 10.4 Å². The van der Waals surface area contributed by atoms with Crippen molar-refractivity contribution in [2.45, 2.75) is 19.9 Å². The molecule has 0 atom stereocenters. The number of carbonyl (C=O) groups is 2. The number of anilines is 1. The maximum absolute atomic E-state index is 11.9. The van der Waals surface area contributed by atoms with E-state index in [1.165, 1.54) is 10.9 Å². The fourth-order valence-electron chi connectivity index (χ4n) is 1.76. The molecule has 0 aliphatic carbocycles. The molecule has 0 unspecified atom stereocenters. The van der Waals surface area contributed by atoms with Gasteiger partial charge in [0.05, 0.1) is 6.20 Å². The summed E-state index contributed by atoms with van der Waals surface area (Å²) in [4.78, 5) is 22.5. The van der Waals surface area contributed by atoms with Crippen LogP contribution in [0.25, 0.3) is 0 Å². The van der Waals surface area contributed by atoms with Crippen LogP contribution in [0.2, 0.25) is 0 Å². The number of para-hydroxylation sites is 1.